The second-order valence-corrected chi connectivity index (χ2v) is 23.7. The van der Waals surface area contributed by atoms with Crippen molar-refractivity contribution in [1.82, 2.24) is 14.9 Å². The highest BCUT2D eigenvalue weighted by Crippen LogP contribution is 2.61. The monoisotopic (exact) mass is 1370 g/mol. The van der Waals surface area contributed by atoms with E-state index < -0.39 is 65.7 Å². The number of nitrogens with zero attached hydrogens (tertiary/aromatic N) is 1. The number of fused-ring (bicyclic) bond motifs is 3. The number of esters is 1. The number of H-pyrrole nitrogens is 1. The fourth-order valence-electron chi connectivity index (χ4n) is 8.42. The Morgan fingerprint density at radius 2 is 1.02 bits per heavy atom. The molecule has 1 fully saturated rings. The van der Waals surface area contributed by atoms with E-state index >= 15 is 0 Å². The van der Waals surface area contributed by atoms with E-state index in [1.54, 1.807) is 0 Å². The molecule has 5 rings (SSSR count). The van der Waals surface area contributed by atoms with Crippen LogP contribution in [0.2, 0.25) is 0 Å². The van der Waals surface area contributed by atoms with Crippen LogP contribution in [0.25, 0.3) is 11.1 Å². The van der Waals surface area contributed by atoms with Gasteiger partial charge in [0.1, 0.15) is 31.1 Å². The second kappa shape index (κ2) is 45.0. The van der Waals surface area contributed by atoms with Crippen molar-refractivity contribution in [3.05, 3.63) is 92.3 Å². The average molecular weight is 1370 g/mol. The molecule has 6 atom stereocenters. The Kier molecular flexibility index (Phi) is 38.2. The second-order valence-electron chi connectivity index (χ2n) is 19.5. The molecular formula is C56H81N3O30P3-3. The summed E-state index contributed by atoms with van der Waals surface area (Å²) >= 11 is 0. The Bertz CT molecular complexity index is 2890. The van der Waals surface area contributed by atoms with Gasteiger partial charge in [-0.25, -0.2) is 13.4 Å². The summed E-state index contributed by atoms with van der Waals surface area (Å²) < 4.78 is 128. The summed E-state index contributed by atoms with van der Waals surface area (Å²) in [6.07, 6.45) is -2.84. The molecule has 0 saturated carbocycles. The number of carbonyl (C=O) groups excluding carboxylic acids is 2. The van der Waals surface area contributed by atoms with Crippen LogP contribution >= 0.6 is 23.5 Å². The maximum absolute atomic E-state index is 12.5. The molecule has 2 heterocycles. The zero-order valence-electron chi connectivity index (χ0n) is 50.7. The van der Waals surface area contributed by atoms with Crippen LogP contribution in [0.5, 0.6) is 0 Å². The van der Waals surface area contributed by atoms with Gasteiger partial charge in [-0.3, -0.25) is 37.6 Å². The number of phosphoric acid groups is 3. The highest BCUT2D eigenvalue weighted by atomic mass is 31.3. The van der Waals surface area contributed by atoms with Crippen molar-refractivity contribution in [3.8, 4) is 23.0 Å². The van der Waals surface area contributed by atoms with Gasteiger partial charge in [-0.05, 0) is 28.7 Å². The topological polar surface area (TPSA) is 428 Å². The van der Waals surface area contributed by atoms with E-state index in [2.05, 4.69) is 54.6 Å². The molecular weight excluding hydrogens is 1290 g/mol. The van der Waals surface area contributed by atoms with Gasteiger partial charge in [0.25, 0.3) is 29.0 Å². The lowest BCUT2D eigenvalue weighted by Crippen LogP contribution is -2.34. The SMILES string of the molecule is O=C(COCCOCCOCCOCCOCCOCCOCCOCCOCCOCCOCCOCCOCCCC(=O)OCC1c2ccccc2-c2ccccc21)NCC#Cc1cn(C2CC(O)C(COP(=O)([O-])OP(=O)([O-])OP(=O)([O-])O)O2)c(=O)[nH]c1=O. The number of phosphoric ester groups is 1. The molecule has 1 aliphatic heterocycles. The highest BCUT2D eigenvalue weighted by molar-refractivity contribution is 7.65. The summed E-state index contributed by atoms with van der Waals surface area (Å²) in [6, 6.07) is 16.5. The van der Waals surface area contributed by atoms with Gasteiger partial charge < -0.3 is 106 Å². The summed E-state index contributed by atoms with van der Waals surface area (Å²) in [7, 11) is -18.0. The minimum absolute atomic E-state index is 0.0520. The number of benzene rings is 2. The summed E-state index contributed by atoms with van der Waals surface area (Å²) in [5, 5.41) is 12.8. The third kappa shape index (κ3) is 33.2. The molecule has 0 bridgehead atoms. The molecule has 33 nitrogen and oxygen atoms in total. The average Bonchev–Trinajstić information content (AvgIpc) is 1.62. The first-order valence-corrected chi connectivity index (χ1v) is 33.8. The highest BCUT2D eigenvalue weighted by Gasteiger charge is 2.37. The van der Waals surface area contributed by atoms with Gasteiger partial charge in [-0.2, -0.15) is 0 Å². The number of rotatable bonds is 53. The Morgan fingerprint density at radius 3 is 1.47 bits per heavy atom. The maximum Gasteiger partial charge on any atom is 0.330 e. The van der Waals surface area contributed by atoms with Gasteiger partial charge in [-0.15, -0.1) is 0 Å². The zero-order valence-corrected chi connectivity index (χ0v) is 53.4. The number of aliphatic hydroxyl groups excluding tert-OH is 1. The number of hydrogen-bond acceptors (Lipinski definition) is 29. The number of carbonyl (C=O) groups is 2. The predicted octanol–water partition coefficient (Wildman–Crippen LogP) is -0.548. The van der Waals surface area contributed by atoms with Crippen molar-refractivity contribution >= 4 is 35.3 Å². The number of aromatic nitrogens is 2. The first kappa shape index (κ1) is 78.1. The molecule has 3 aromatic rings. The molecule has 518 valence electrons. The summed E-state index contributed by atoms with van der Waals surface area (Å²) in [4.78, 5) is 93.7. The van der Waals surface area contributed by atoms with Crippen molar-refractivity contribution in [2.75, 3.05) is 192 Å². The van der Waals surface area contributed by atoms with E-state index in [0.29, 0.717) is 165 Å². The molecule has 36 heteroatoms. The quantitative estimate of drug-likeness (QED) is 0.0238. The lowest BCUT2D eigenvalue weighted by Gasteiger charge is -2.33. The first-order chi connectivity index (χ1) is 44.4. The molecule has 2 aliphatic rings. The number of ether oxygens (including phenoxy) is 15. The number of amides is 1. The molecule has 0 spiro atoms. The van der Waals surface area contributed by atoms with Crippen molar-refractivity contribution < 1.29 is 132 Å². The van der Waals surface area contributed by atoms with E-state index in [-0.39, 0.29) is 56.8 Å². The number of hydrogen-bond donors (Lipinski definition) is 4. The van der Waals surface area contributed by atoms with Crippen LogP contribution in [-0.2, 0) is 107 Å². The molecule has 1 saturated heterocycles. The first-order valence-electron chi connectivity index (χ1n) is 29.4. The lowest BCUT2D eigenvalue weighted by atomic mass is 9.98. The minimum atomic E-state index is -6.16. The van der Waals surface area contributed by atoms with Crippen LogP contribution in [0.1, 0.15) is 48.1 Å². The van der Waals surface area contributed by atoms with Gasteiger partial charge in [0.05, 0.1) is 178 Å². The van der Waals surface area contributed by atoms with E-state index in [4.69, 9.17) is 75.9 Å². The lowest BCUT2D eigenvalue weighted by molar-refractivity contribution is -0.250. The number of aromatic amines is 1. The fourth-order valence-corrected chi connectivity index (χ4v) is 11.3. The molecule has 4 N–H and O–H groups in total. The number of aliphatic hydroxyl groups is 1. The van der Waals surface area contributed by atoms with Crippen LogP contribution in [-0.4, -0.2) is 235 Å². The molecule has 92 heavy (non-hydrogen) atoms. The van der Waals surface area contributed by atoms with E-state index in [0.717, 1.165) is 10.8 Å². The normalized spacial score (nSPS) is 17.3. The third-order valence-electron chi connectivity index (χ3n) is 12.6. The van der Waals surface area contributed by atoms with Crippen molar-refractivity contribution in [1.29, 1.82) is 0 Å². The Labute approximate surface area is 531 Å². The molecule has 2 aromatic carbocycles. The standard InChI is InChI=1S/C56H84N3O30P3/c60-50-39-53(87-51(50)42-86-91(68,69)89-92(70,71)88-90(65,66)67)59-40-44(55(63)58-56(59)64)7-5-13-57-52(61)43-84-38-37-83-36-35-82-34-33-81-32-31-80-30-29-79-28-27-78-26-25-77-24-23-76-22-21-75-20-19-74-18-17-73-16-15-72-14-6-12-54(62)85-41-49-47-10-3-1-8-45(47)46-9-2-4-11-48(46)49/h1-4,8-11,40,49-51,53,60H,6,12-39,41-43H2,(H,57,61)(H,68,69)(H,70,71)(H,58,63,64)(H2,65,66,67)/p-3. The van der Waals surface area contributed by atoms with Gasteiger partial charge in [-0.1, -0.05) is 60.4 Å². The molecule has 1 aliphatic carbocycles. The molecule has 0 radical (unpaired) electrons. The predicted molar refractivity (Wildman–Crippen MR) is 313 cm³/mol. The smallest absolute Gasteiger partial charge is 0.330 e. The van der Waals surface area contributed by atoms with Gasteiger partial charge in [0, 0.05) is 31.6 Å². The van der Waals surface area contributed by atoms with Gasteiger partial charge >= 0.3 is 11.7 Å². The van der Waals surface area contributed by atoms with Crippen LogP contribution in [0.15, 0.2) is 64.3 Å². The Hall–Kier alpha value is -4.57. The van der Waals surface area contributed by atoms with Crippen LogP contribution in [0.4, 0.5) is 0 Å². The van der Waals surface area contributed by atoms with Crippen LogP contribution in [0, 0.1) is 11.8 Å². The van der Waals surface area contributed by atoms with E-state index in [1.165, 1.54) is 22.3 Å². The Morgan fingerprint density at radius 1 is 0.598 bits per heavy atom. The largest absolute Gasteiger partial charge is 0.756 e. The number of nitrogens with one attached hydrogen (secondary N) is 2. The van der Waals surface area contributed by atoms with Gasteiger partial charge in [0.2, 0.25) is 5.91 Å². The minimum Gasteiger partial charge on any atom is -0.756 e. The van der Waals surface area contributed by atoms with Crippen LogP contribution in [0.3, 0.4) is 0 Å². The summed E-state index contributed by atoms with van der Waals surface area (Å²) in [6.45, 7) is 8.47. The van der Waals surface area contributed by atoms with Crippen molar-refractivity contribution in [2.45, 2.75) is 43.6 Å². The van der Waals surface area contributed by atoms with Gasteiger partial charge in [0.15, 0.2) is 0 Å². The van der Waals surface area contributed by atoms with Crippen LogP contribution < -0.4 is 31.2 Å². The molecule has 1 aromatic heterocycles. The molecule has 1 amide bonds. The van der Waals surface area contributed by atoms with E-state index in [9.17, 15) is 52.7 Å². The van der Waals surface area contributed by atoms with E-state index in [1.807, 2.05) is 29.2 Å². The van der Waals surface area contributed by atoms with Crippen molar-refractivity contribution in [3.63, 3.8) is 0 Å². The maximum atomic E-state index is 12.5. The summed E-state index contributed by atoms with van der Waals surface area (Å²) in [5.41, 5.74) is 2.63. The molecule has 6 unspecified atom stereocenters. The zero-order chi connectivity index (χ0) is 66.1. The fraction of sp³-hybridized carbons (Fsp3) is 0.643. The Balaban J connectivity index is 0.688. The summed E-state index contributed by atoms with van der Waals surface area (Å²) in [5.74, 6) is 4.30. The van der Waals surface area contributed by atoms with Crippen molar-refractivity contribution in [2.24, 2.45) is 0 Å². The third-order valence-corrected chi connectivity index (χ3v) is 16.3.